The van der Waals surface area contributed by atoms with Crippen LogP contribution in [0, 0.1) is 5.92 Å². The van der Waals surface area contributed by atoms with E-state index in [9.17, 15) is 13.2 Å². The maximum absolute atomic E-state index is 13.0. The van der Waals surface area contributed by atoms with Gasteiger partial charge in [0.15, 0.2) is 0 Å². The van der Waals surface area contributed by atoms with E-state index in [-0.39, 0.29) is 17.7 Å². The lowest BCUT2D eigenvalue weighted by Gasteiger charge is -2.37. The van der Waals surface area contributed by atoms with Crippen molar-refractivity contribution in [1.82, 2.24) is 13.5 Å². The Morgan fingerprint density at radius 3 is 2.04 bits per heavy atom. The van der Waals surface area contributed by atoms with Crippen LogP contribution in [0.25, 0.3) is 0 Å². The van der Waals surface area contributed by atoms with E-state index < -0.39 is 10.2 Å². The van der Waals surface area contributed by atoms with Crippen molar-refractivity contribution < 1.29 is 13.2 Å². The first-order valence-corrected chi connectivity index (χ1v) is 9.66. The molecule has 1 fully saturated rings. The Bertz CT molecular complexity index is 651. The van der Waals surface area contributed by atoms with E-state index in [1.165, 1.54) is 22.7 Å². The van der Waals surface area contributed by atoms with Crippen LogP contribution >= 0.6 is 0 Å². The van der Waals surface area contributed by atoms with E-state index in [0.29, 0.717) is 26.2 Å². The van der Waals surface area contributed by atoms with Crippen molar-refractivity contribution in [2.75, 3.05) is 40.3 Å². The molecule has 24 heavy (non-hydrogen) atoms. The predicted octanol–water partition coefficient (Wildman–Crippen LogP) is 1.38. The van der Waals surface area contributed by atoms with Crippen LogP contribution in [0.3, 0.4) is 0 Å². The van der Waals surface area contributed by atoms with E-state index in [2.05, 4.69) is 0 Å². The molecular formula is C17H27N3O3S. The highest BCUT2D eigenvalue weighted by Crippen LogP contribution is 2.27. The zero-order chi connectivity index (χ0) is 17.9. The number of carbonyl (C=O) groups is 1. The first kappa shape index (κ1) is 18.9. The molecule has 1 aromatic rings. The third kappa shape index (κ3) is 3.96. The van der Waals surface area contributed by atoms with E-state index in [4.69, 9.17) is 0 Å². The second-order valence-corrected chi connectivity index (χ2v) is 8.79. The van der Waals surface area contributed by atoms with Crippen molar-refractivity contribution >= 4 is 16.1 Å². The molecule has 1 unspecified atom stereocenters. The normalized spacial score (nSPS) is 18.2. The number of nitrogens with zero attached hydrogens (tertiary/aromatic N) is 3. The minimum atomic E-state index is -3.41. The van der Waals surface area contributed by atoms with Crippen LogP contribution in [0.4, 0.5) is 0 Å². The third-order valence-corrected chi connectivity index (χ3v) is 6.37. The van der Waals surface area contributed by atoms with Gasteiger partial charge in [0.25, 0.3) is 10.2 Å². The number of hydrogen-bond donors (Lipinski definition) is 0. The number of piperazine rings is 1. The summed E-state index contributed by atoms with van der Waals surface area (Å²) in [4.78, 5) is 14.8. The monoisotopic (exact) mass is 353 g/mol. The van der Waals surface area contributed by atoms with E-state index in [1.54, 1.807) is 4.90 Å². The number of benzene rings is 1. The second kappa shape index (κ2) is 7.63. The number of amides is 1. The molecule has 7 heteroatoms. The molecule has 0 aliphatic carbocycles. The van der Waals surface area contributed by atoms with Crippen molar-refractivity contribution in [2.24, 2.45) is 5.92 Å². The van der Waals surface area contributed by atoms with Gasteiger partial charge in [-0.3, -0.25) is 4.79 Å². The molecular weight excluding hydrogens is 326 g/mol. The maximum Gasteiger partial charge on any atom is 0.281 e. The molecule has 1 heterocycles. The van der Waals surface area contributed by atoms with Gasteiger partial charge in [-0.15, -0.1) is 0 Å². The van der Waals surface area contributed by atoms with Gasteiger partial charge >= 0.3 is 0 Å². The summed E-state index contributed by atoms with van der Waals surface area (Å²) in [5, 5.41) is 0. The Labute approximate surface area is 145 Å². The molecule has 1 aliphatic rings. The van der Waals surface area contributed by atoms with E-state index in [0.717, 1.165) is 5.56 Å². The molecule has 0 spiro atoms. The Morgan fingerprint density at radius 2 is 1.58 bits per heavy atom. The molecule has 1 amide bonds. The van der Waals surface area contributed by atoms with Crippen molar-refractivity contribution in [3.05, 3.63) is 35.9 Å². The Morgan fingerprint density at radius 1 is 1.04 bits per heavy atom. The minimum Gasteiger partial charge on any atom is -0.340 e. The summed E-state index contributed by atoms with van der Waals surface area (Å²) in [6, 6.07) is 9.79. The standard InChI is InChI=1S/C17H27N3O3S/c1-14(2)16(15-8-6-5-7-9-15)17(21)19-10-12-20(13-11-19)24(22,23)18(3)4/h5-9,14,16H,10-13H2,1-4H3. The lowest BCUT2D eigenvalue weighted by atomic mass is 9.87. The molecule has 0 bridgehead atoms. The Kier molecular flexibility index (Phi) is 6.01. The van der Waals surface area contributed by atoms with E-state index in [1.807, 2.05) is 44.2 Å². The summed E-state index contributed by atoms with van der Waals surface area (Å²) < 4.78 is 27.0. The molecule has 6 nitrogen and oxygen atoms in total. The summed E-state index contributed by atoms with van der Waals surface area (Å²) in [7, 11) is -0.359. The fraction of sp³-hybridized carbons (Fsp3) is 0.588. The van der Waals surface area contributed by atoms with Crippen molar-refractivity contribution in [3.8, 4) is 0 Å². The smallest absolute Gasteiger partial charge is 0.281 e. The molecule has 134 valence electrons. The second-order valence-electron chi connectivity index (χ2n) is 6.65. The molecule has 0 radical (unpaired) electrons. The molecule has 1 saturated heterocycles. The Balaban J connectivity index is 2.09. The molecule has 2 rings (SSSR count). The predicted molar refractivity (Wildman–Crippen MR) is 94.8 cm³/mol. The molecule has 1 aliphatic heterocycles. The zero-order valence-electron chi connectivity index (χ0n) is 14.8. The average molecular weight is 353 g/mol. The zero-order valence-corrected chi connectivity index (χ0v) is 15.7. The maximum atomic E-state index is 13.0. The lowest BCUT2D eigenvalue weighted by molar-refractivity contribution is -0.135. The summed E-state index contributed by atoms with van der Waals surface area (Å²) in [5.41, 5.74) is 1.01. The first-order valence-electron chi connectivity index (χ1n) is 8.26. The van der Waals surface area contributed by atoms with E-state index >= 15 is 0 Å². The molecule has 0 N–H and O–H groups in total. The summed E-state index contributed by atoms with van der Waals surface area (Å²) in [6.07, 6.45) is 0. The van der Waals surface area contributed by atoms with Gasteiger partial charge in [-0.05, 0) is 11.5 Å². The average Bonchev–Trinajstić information content (AvgIpc) is 2.55. The first-order chi connectivity index (χ1) is 11.2. The Hall–Kier alpha value is -1.44. The number of hydrogen-bond acceptors (Lipinski definition) is 3. The number of rotatable bonds is 5. The van der Waals surface area contributed by atoms with Gasteiger partial charge < -0.3 is 4.90 Å². The van der Waals surface area contributed by atoms with Crippen LogP contribution in [-0.4, -0.2) is 68.1 Å². The number of carbonyl (C=O) groups excluding carboxylic acids is 1. The highest BCUT2D eigenvalue weighted by molar-refractivity contribution is 7.86. The van der Waals surface area contributed by atoms with Crippen LogP contribution < -0.4 is 0 Å². The molecule has 1 aromatic carbocycles. The molecule has 1 atom stereocenters. The van der Waals surface area contributed by atoms with Crippen LogP contribution in [0.2, 0.25) is 0 Å². The van der Waals surface area contributed by atoms with Crippen molar-refractivity contribution in [3.63, 3.8) is 0 Å². The largest absolute Gasteiger partial charge is 0.340 e. The van der Waals surface area contributed by atoms with Gasteiger partial charge in [0, 0.05) is 40.3 Å². The summed E-state index contributed by atoms with van der Waals surface area (Å²) in [5.74, 6) is 0.0738. The summed E-state index contributed by atoms with van der Waals surface area (Å²) >= 11 is 0. The molecule has 0 aromatic heterocycles. The van der Waals surface area contributed by atoms with Crippen molar-refractivity contribution in [1.29, 1.82) is 0 Å². The quantitative estimate of drug-likeness (QED) is 0.803. The lowest BCUT2D eigenvalue weighted by Crippen LogP contribution is -2.54. The van der Waals surface area contributed by atoms with Crippen LogP contribution in [-0.2, 0) is 15.0 Å². The van der Waals surface area contributed by atoms with Crippen LogP contribution in [0.1, 0.15) is 25.3 Å². The van der Waals surface area contributed by atoms with Crippen LogP contribution in [0.5, 0.6) is 0 Å². The van der Waals surface area contributed by atoms with Gasteiger partial charge in [0.2, 0.25) is 5.91 Å². The van der Waals surface area contributed by atoms with Gasteiger partial charge in [-0.1, -0.05) is 44.2 Å². The van der Waals surface area contributed by atoms with Crippen LogP contribution in [0.15, 0.2) is 30.3 Å². The topological polar surface area (TPSA) is 60.9 Å². The SMILES string of the molecule is CC(C)C(C(=O)N1CCN(S(=O)(=O)N(C)C)CC1)c1ccccc1. The van der Waals surface area contributed by atoms with Gasteiger partial charge in [0.05, 0.1) is 5.92 Å². The fourth-order valence-corrected chi connectivity index (χ4v) is 4.13. The molecule has 0 saturated carbocycles. The van der Waals surface area contributed by atoms with Gasteiger partial charge in [-0.2, -0.15) is 17.0 Å². The highest BCUT2D eigenvalue weighted by Gasteiger charge is 2.34. The third-order valence-electron chi connectivity index (χ3n) is 4.43. The highest BCUT2D eigenvalue weighted by atomic mass is 32.2. The van der Waals surface area contributed by atoms with Gasteiger partial charge in [0.1, 0.15) is 0 Å². The fourth-order valence-electron chi connectivity index (χ4n) is 3.04. The van der Waals surface area contributed by atoms with Crippen molar-refractivity contribution in [2.45, 2.75) is 19.8 Å². The minimum absolute atomic E-state index is 0.0816. The van der Waals surface area contributed by atoms with Gasteiger partial charge in [-0.25, -0.2) is 0 Å². The summed E-state index contributed by atoms with van der Waals surface area (Å²) in [6.45, 7) is 5.63.